The Morgan fingerprint density at radius 1 is 1.43 bits per heavy atom. The molecule has 1 unspecified atom stereocenters. The van der Waals surface area contributed by atoms with Gasteiger partial charge in [0.15, 0.2) is 0 Å². The Bertz CT molecular complexity index is 547. The highest BCUT2D eigenvalue weighted by atomic mass is 16.2. The zero-order valence-corrected chi connectivity index (χ0v) is 14.5. The van der Waals surface area contributed by atoms with Crippen LogP contribution in [0.25, 0.3) is 0 Å². The number of carbonyl (C=O) groups excluding carboxylic acids is 2. The Morgan fingerprint density at radius 2 is 2.17 bits per heavy atom. The van der Waals surface area contributed by atoms with E-state index in [0.717, 1.165) is 29.9 Å². The molecule has 1 saturated heterocycles. The van der Waals surface area contributed by atoms with Gasteiger partial charge < -0.3 is 15.1 Å². The van der Waals surface area contributed by atoms with Crippen LogP contribution in [0, 0.1) is 19.8 Å². The Morgan fingerprint density at radius 3 is 2.78 bits per heavy atom. The molecule has 0 aromatic carbocycles. The van der Waals surface area contributed by atoms with E-state index in [2.05, 4.69) is 15.5 Å². The lowest BCUT2D eigenvalue weighted by Crippen LogP contribution is -2.36. The molecule has 0 spiro atoms. The maximum atomic E-state index is 12.2. The van der Waals surface area contributed by atoms with Crippen LogP contribution in [0.5, 0.6) is 0 Å². The molecular formula is C16H27N5O2. The number of amides is 2. The second-order valence-corrected chi connectivity index (χ2v) is 6.50. The van der Waals surface area contributed by atoms with Gasteiger partial charge >= 0.3 is 0 Å². The van der Waals surface area contributed by atoms with Crippen molar-refractivity contribution in [2.75, 3.05) is 40.3 Å². The van der Waals surface area contributed by atoms with E-state index < -0.39 is 0 Å². The lowest BCUT2D eigenvalue weighted by atomic mass is 10.1. The maximum Gasteiger partial charge on any atom is 0.225 e. The fourth-order valence-corrected chi connectivity index (χ4v) is 2.88. The van der Waals surface area contributed by atoms with Crippen LogP contribution < -0.4 is 5.32 Å². The largest absolute Gasteiger partial charge is 0.355 e. The van der Waals surface area contributed by atoms with E-state index in [-0.39, 0.29) is 17.7 Å². The second kappa shape index (κ2) is 7.59. The highest BCUT2D eigenvalue weighted by Crippen LogP contribution is 2.17. The number of hydrogen-bond donors (Lipinski definition) is 2. The van der Waals surface area contributed by atoms with Gasteiger partial charge in [-0.05, 0) is 39.9 Å². The molecule has 7 nitrogen and oxygen atoms in total. The number of aromatic nitrogens is 2. The molecule has 23 heavy (non-hydrogen) atoms. The first-order valence-electron chi connectivity index (χ1n) is 8.09. The zero-order valence-electron chi connectivity index (χ0n) is 14.5. The molecule has 0 aliphatic carbocycles. The number of nitrogens with zero attached hydrogens (tertiary/aromatic N) is 3. The number of likely N-dealkylation sites (N-methyl/N-ethyl adjacent to an activating group) is 1. The second-order valence-electron chi connectivity index (χ2n) is 6.50. The van der Waals surface area contributed by atoms with Crippen molar-refractivity contribution in [3.8, 4) is 0 Å². The predicted molar refractivity (Wildman–Crippen MR) is 88.0 cm³/mol. The van der Waals surface area contributed by atoms with E-state index in [0.29, 0.717) is 26.1 Å². The summed E-state index contributed by atoms with van der Waals surface area (Å²) in [5.74, 6) is -0.172. The Balaban J connectivity index is 1.77. The molecule has 7 heteroatoms. The Kier molecular flexibility index (Phi) is 5.76. The third-order valence-corrected chi connectivity index (χ3v) is 4.36. The van der Waals surface area contributed by atoms with Crippen molar-refractivity contribution in [3.63, 3.8) is 0 Å². The number of aromatic amines is 1. The molecule has 1 fully saturated rings. The van der Waals surface area contributed by atoms with E-state index in [1.807, 2.05) is 32.8 Å². The zero-order chi connectivity index (χ0) is 17.0. The van der Waals surface area contributed by atoms with Crippen LogP contribution in [0.4, 0.5) is 0 Å². The van der Waals surface area contributed by atoms with Gasteiger partial charge in [0, 0.05) is 38.3 Å². The van der Waals surface area contributed by atoms with Crippen LogP contribution in [-0.2, 0) is 16.0 Å². The number of carbonyl (C=O) groups is 2. The Labute approximate surface area is 137 Å². The van der Waals surface area contributed by atoms with Gasteiger partial charge in [-0.1, -0.05) is 0 Å². The summed E-state index contributed by atoms with van der Waals surface area (Å²) >= 11 is 0. The summed E-state index contributed by atoms with van der Waals surface area (Å²) in [5, 5.41) is 10.1. The van der Waals surface area contributed by atoms with Gasteiger partial charge in [-0.15, -0.1) is 0 Å². The van der Waals surface area contributed by atoms with E-state index in [9.17, 15) is 9.59 Å². The smallest absolute Gasteiger partial charge is 0.225 e. The molecule has 128 valence electrons. The van der Waals surface area contributed by atoms with Gasteiger partial charge in [0.25, 0.3) is 0 Å². The van der Waals surface area contributed by atoms with E-state index in [1.165, 1.54) is 0 Å². The third kappa shape index (κ3) is 4.54. The highest BCUT2D eigenvalue weighted by Gasteiger charge is 2.33. The number of aryl methyl sites for hydroxylation is 2. The number of likely N-dealkylation sites (tertiary alicyclic amines) is 1. The van der Waals surface area contributed by atoms with Crippen LogP contribution in [0.15, 0.2) is 0 Å². The van der Waals surface area contributed by atoms with Crippen LogP contribution in [-0.4, -0.2) is 72.1 Å². The van der Waals surface area contributed by atoms with Crippen molar-refractivity contribution < 1.29 is 9.59 Å². The van der Waals surface area contributed by atoms with Gasteiger partial charge in [-0.25, -0.2) is 0 Å². The summed E-state index contributed by atoms with van der Waals surface area (Å²) in [7, 11) is 3.95. The standard InChI is InChI=1S/C16H27N5O2/c1-11-14(12(2)19-18-11)5-6-17-16(23)13-9-15(22)21(10-13)8-7-20(3)4/h13H,5-10H2,1-4H3,(H,17,23)(H,18,19). The molecule has 2 heterocycles. The van der Waals surface area contributed by atoms with Crippen LogP contribution in [0.3, 0.4) is 0 Å². The molecule has 0 saturated carbocycles. The monoisotopic (exact) mass is 321 g/mol. The molecule has 2 N–H and O–H groups in total. The maximum absolute atomic E-state index is 12.2. The van der Waals surface area contributed by atoms with Crippen molar-refractivity contribution in [3.05, 3.63) is 17.0 Å². The molecule has 1 aromatic rings. The molecule has 0 bridgehead atoms. The summed E-state index contributed by atoms with van der Waals surface area (Å²) in [6.45, 7) is 6.54. The first-order chi connectivity index (χ1) is 10.9. The lowest BCUT2D eigenvalue weighted by molar-refractivity contribution is -0.129. The molecule has 2 amide bonds. The topological polar surface area (TPSA) is 81.3 Å². The normalized spacial score (nSPS) is 18.0. The van der Waals surface area contributed by atoms with Gasteiger partial charge in [0.1, 0.15) is 0 Å². The molecule has 1 atom stereocenters. The summed E-state index contributed by atoms with van der Waals surface area (Å²) in [5.41, 5.74) is 3.17. The average Bonchev–Trinajstić information content (AvgIpc) is 3.01. The van der Waals surface area contributed by atoms with E-state index in [1.54, 1.807) is 4.90 Å². The molecule has 0 radical (unpaired) electrons. The molecule has 2 rings (SSSR count). The van der Waals surface area contributed by atoms with E-state index >= 15 is 0 Å². The van der Waals surface area contributed by atoms with Crippen molar-refractivity contribution >= 4 is 11.8 Å². The molecule has 1 aromatic heterocycles. The summed E-state index contributed by atoms with van der Waals surface area (Å²) in [4.78, 5) is 28.0. The fourth-order valence-electron chi connectivity index (χ4n) is 2.88. The summed E-state index contributed by atoms with van der Waals surface area (Å²) in [6, 6.07) is 0. The minimum atomic E-state index is -0.226. The third-order valence-electron chi connectivity index (χ3n) is 4.36. The molecular weight excluding hydrogens is 294 g/mol. The van der Waals surface area contributed by atoms with E-state index in [4.69, 9.17) is 0 Å². The number of nitrogens with one attached hydrogen (secondary N) is 2. The van der Waals surface area contributed by atoms with Gasteiger partial charge in [0.2, 0.25) is 11.8 Å². The van der Waals surface area contributed by atoms with Crippen molar-refractivity contribution in [1.82, 2.24) is 25.3 Å². The number of H-pyrrole nitrogens is 1. The highest BCUT2D eigenvalue weighted by molar-refractivity contribution is 5.89. The van der Waals surface area contributed by atoms with Gasteiger partial charge in [0.05, 0.1) is 11.6 Å². The lowest BCUT2D eigenvalue weighted by Gasteiger charge is -2.19. The van der Waals surface area contributed by atoms with Gasteiger partial charge in [-0.3, -0.25) is 14.7 Å². The summed E-state index contributed by atoms with van der Waals surface area (Å²) in [6.07, 6.45) is 1.08. The molecule has 1 aliphatic rings. The SMILES string of the molecule is Cc1n[nH]c(C)c1CCNC(=O)C1CC(=O)N(CCN(C)C)C1. The van der Waals surface area contributed by atoms with Gasteiger partial charge in [-0.2, -0.15) is 5.10 Å². The Hall–Kier alpha value is -1.89. The molecule has 1 aliphatic heterocycles. The summed E-state index contributed by atoms with van der Waals surface area (Å²) < 4.78 is 0. The fraction of sp³-hybridized carbons (Fsp3) is 0.688. The first kappa shape index (κ1) is 17.5. The minimum absolute atomic E-state index is 0.0236. The quantitative estimate of drug-likeness (QED) is 0.746. The van der Waals surface area contributed by atoms with Crippen LogP contribution >= 0.6 is 0 Å². The number of hydrogen-bond acceptors (Lipinski definition) is 4. The van der Waals surface area contributed by atoms with Crippen LogP contribution in [0.1, 0.15) is 23.4 Å². The number of rotatable bonds is 7. The first-order valence-corrected chi connectivity index (χ1v) is 8.09. The van der Waals surface area contributed by atoms with Crippen LogP contribution in [0.2, 0.25) is 0 Å². The van der Waals surface area contributed by atoms with Crippen molar-refractivity contribution in [2.24, 2.45) is 5.92 Å². The van der Waals surface area contributed by atoms with Crippen molar-refractivity contribution in [1.29, 1.82) is 0 Å². The minimum Gasteiger partial charge on any atom is -0.355 e. The van der Waals surface area contributed by atoms with Crippen molar-refractivity contribution in [2.45, 2.75) is 26.7 Å². The average molecular weight is 321 g/mol. The predicted octanol–water partition coefficient (Wildman–Crippen LogP) is 0.0953.